The van der Waals surface area contributed by atoms with E-state index in [2.05, 4.69) is 5.32 Å². The monoisotopic (exact) mass is 476 g/mol. The van der Waals surface area contributed by atoms with Crippen molar-refractivity contribution >= 4 is 33.0 Å². The minimum absolute atomic E-state index is 0.00879. The van der Waals surface area contributed by atoms with E-state index in [0.29, 0.717) is 44.7 Å². The van der Waals surface area contributed by atoms with Crippen molar-refractivity contribution < 1.29 is 23.2 Å². The first-order valence-corrected chi connectivity index (χ1v) is 12.2. The number of rotatable bonds is 8. The van der Waals surface area contributed by atoms with E-state index in [0.717, 1.165) is 0 Å². The molecule has 0 aliphatic carbocycles. The van der Waals surface area contributed by atoms with Gasteiger partial charge in [-0.05, 0) is 37.1 Å². The van der Waals surface area contributed by atoms with Crippen LogP contribution in [0.2, 0.25) is 0 Å². The van der Waals surface area contributed by atoms with Crippen molar-refractivity contribution in [2.24, 2.45) is 5.92 Å². The highest BCUT2D eigenvalue weighted by molar-refractivity contribution is 7.89. The van der Waals surface area contributed by atoms with Crippen LogP contribution in [0.15, 0.2) is 47.4 Å². The predicted molar refractivity (Wildman–Crippen MR) is 125 cm³/mol. The first-order chi connectivity index (χ1) is 15.7. The Labute approximate surface area is 193 Å². The molecule has 10 nitrogen and oxygen atoms in total. The summed E-state index contributed by atoms with van der Waals surface area (Å²) in [6, 6.07) is 10.3. The number of phenolic OH excluding ortho intramolecular Hbond substituents is 1. The number of anilines is 2. The molecule has 1 amide bonds. The van der Waals surface area contributed by atoms with Gasteiger partial charge in [0.15, 0.2) is 0 Å². The largest absolute Gasteiger partial charge is 0.506 e. The highest BCUT2D eigenvalue weighted by Crippen LogP contribution is 2.33. The van der Waals surface area contributed by atoms with Gasteiger partial charge in [-0.1, -0.05) is 26.0 Å². The fraction of sp³-hybridized carbons (Fsp3) is 0.409. The number of phenols is 1. The maximum absolute atomic E-state index is 12.8. The molecule has 1 fully saturated rings. The van der Waals surface area contributed by atoms with Crippen molar-refractivity contribution in [2.45, 2.75) is 31.6 Å². The van der Waals surface area contributed by atoms with Crippen LogP contribution < -0.4 is 10.2 Å². The van der Waals surface area contributed by atoms with E-state index >= 15 is 0 Å². The molecule has 0 bridgehead atoms. The van der Waals surface area contributed by atoms with Crippen molar-refractivity contribution in [3.05, 3.63) is 52.6 Å². The number of sulfonamides is 1. The van der Waals surface area contributed by atoms with E-state index in [9.17, 15) is 28.4 Å². The first-order valence-electron chi connectivity index (χ1n) is 10.8. The van der Waals surface area contributed by atoms with Gasteiger partial charge < -0.3 is 15.3 Å². The molecule has 1 heterocycles. The highest BCUT2D eigenvalue weighted by atomic mass is 32.2. The molecule has 0 saturated carbocycles. The fourth-order valence-corrected chi connectivity index (χ4v) is 5.48. The molecule has 1 saturated heterocycles. The van der Waals surface area contributed by atoms with Gasteiger partial charge in [-0.15, -0.1) is 0 Å². The van der Waals surface area contributed by atoms with Crippen molar-refractivity contribution in [1.29, 1.82) is 0 Å². The third kappa shape index (κ3) is 5.25. The topological polar surface area (TPSA) is 133 Å². The molecule has 0 atom stereocenters. The van der Waals surface area contributed by atoms with Crippen LogP contribution in [0.4, 0.5) is 17.1 Å². The number of nitro groups is 1. The number of aromatic hydroxyl groups is 1. The predicted octanol–water partition coefficient (Wildman–Crippen LogP) is 3.19. The molecule has 11 heteroatoms. The molecule has 0 unspecified atom stereocenters. The summed E-state index contributed by atoms with van der Waals surface area (Å²) in [6.07, 6.45) is 0.937. The molecule has 2 aromatic carbocycles. The number of nitrogens with one attached hydrogen (secondary N) is 1. The van der Waals surface area contributed by atoms with Crippen molar-refractivity contribution in [1.82, 2.24) is 4.31 Å². The Morgan fingerprint density at radius 2 is 1.82 bits per heavy atom. The molecule has 1 aliphatic rings. The van der Waals surface area contributed by atoms with Gasteiger partial charge in [0.1, 0.15) is 11.4 Å². The Balaban J connectivity index is 1.70. The lowest BCUT2D eigenvalue weighted by molar-refractivity contribution is -0.384. The van der Waals surface area contributed by atoms with Crippen LogP contribution in [0.3, 0.4) is 0 Å². The Morgan fingerprint density at radius 3 is 2.42 bits per heavy atom. The van der Waals surface area contributed by atoms with Gasteiger partial charge in [0.2, 0.25) is 15.9 Å². The van der Waals surface area contributed by atoms with E-state index in [1.165, 1.54) is 28.6 Å². The zero-order valence-corrected chi connectivity index (χ0v) is 19.4. The van der Waals surface area contributed by atoms with Crippen LogP contribution in [-0.4, -0.2) is 54.8 Å². The maximum atomic E-state index is 12.8. The van der Waals surface area contributed by atoms with Gasteiger partial charge in [0.05, 0.1) is 15.5 Å². The van der Waals surface area contributed by atoms with Crippen LogP contribution >= 0.6 is 0 Å². The number of benzene rings is 2. The van der Waals surface area contributed by atoms with Crippen molar-refractivity contribution in [3.63, 3.8) is 0 Å². The van der Waals surface area contributed by atoms with Crippen LogP contribution in [0.5, 0.6) is 5.75 Å². The normalized spacial score (nSPS) is 14.9. The molecule has 2 aromatic rings. The number of hydrogen-bond donors (Lipinski definition) is 2. The van der Waals surface area contributed by atoms with Crippen LogP contribution in [0.1, 0.15) is 26.7 Å². The molecular weight excluding hydrogens is 448 g/mol. The summed E-state index contributed by atoms with van der Waals surface area (Å²) in [5.74, 6) is -0.921. The summed E-state index contributed by atoms with van der Waals surface area (Å²) in [5.41, 5.74) is 0.583. The minimum atomic E-state index is -3.74. The molecule has 0 aromatic heterocycles. The van der Waals surface area contributed by atoms with Gasteiger partial charge in [-0.25, -0.2) is 8.42 Å². The summed E-state index contributed by atoms with van der Waals surface area (Å²) in [7, 11) is -3.74. The number of piperidine rings is 1. The zero-order chi connectivity index (χ0) is 24.2. The van der Waals surface area contributed by atoms with Crippen molar-refractivity contribution in [3.8, 4) is 5.75 Å². The number of para-hydroxylation sites is 2. The Kier molecular flexibility index (Phi) is 7.54. The molecule has 1 aliphatic heterocycles. The van der Waals surface area contributed by atoms with Crippen molar-refractivity contribution in [2.75, 3.05) is 36.4 Å². The molecule has 33 heavy (non-hydrogen) atoms. The highest BCUT2D eigenvalue weighted by Gasteiger charge is 2.29. The minimum Gasteiger partial charge on any atom is -0.506 e. The van der Waals surface area contributed by atoms with Gasteiger partial charge in [0, 0.05) is 38.2 Å². The average Bonchev–Trinajstić information content (AvgIpc) is 2.81. The lowest BCUT2D eigenvalue weighted by atomic mass is 9.95. The Morgan fingerprint density at radius 1 is 1.18 bits per heavy atom. The van der Waals surface area contributed by atoms with Gasteiger partial charge in [-0.2, -0.15) is 4.31 Å². The van der Waals surface area contributed by atoms with Crippen LogP contribution in [0, 0.1) is 16.0 Å². The molecule has 3 rings (SSSR count). The second kappa shape index (κ2) is 10.2. The van der Waals surface area contributed by atoms with E-state index in [-0.39, 0.29) is 33.8 Å². The lowest BCUT2D eigenvalue weighted by Gasteiger charge is -2.32. The third-order valence-corrected chi connectivity index (χ3v) is 7.90. The summed E-state index contributed by atoms with van der Waals surface area (Å²) < 4.78 is 26.8. The van der Waals surface area contributed by atoms with E-state index in [4.69, 9.17) is 0 Å². The Hall–Kier alpha value is -3.18. The summed E-state index contributed by atoms with van der Waals surface area (Å²) in [4.78, 5) is 25.6. The van der Waals surface area contributed by atoms with E-state index < -0.39 is 14.9 Å². The summed E-state index contributed by atoms with van der Waals surface area (Å²) >= 11 is 0. The molecule has 0 spiro atoms. The first kappa shape index (κ1) is 24.5. The fourth-order valence-electron chi connectivity index (χ4n) is 3.99. The maximum Gasteiger partial charge on any atom is 0.292 e. The number of carbonyl (C=O) groups excluding carboxylic acids is 1. The van der Waals surface area contributed by atoms with Gasteiger partial charge >= 0.3 is 0 Å². The zero-order valence-electron chi connectivity index (χ0n) is 18.6. The number of nitro benzene ring substituents is 1. The number of carbonyl (C=O) groups is 1. The third-order valence-electron chi connectivity index (χ3n) is 5.85. The number of amides is 1. The van der Waals surface area contributed by atoms with E-state index in [1.54, 1.807) is 32.0 Å². The standard InChI is InChI=1S/C22H28N4O6S/c1-3-25(4-2)33(31,32)17-9-10-21(27)18(15-17)23-22(28)16-11-13-24(14-12-16)19-7-5-6-8-20(19)26(29)30/h5-10,15-16,27H,3-4,11-14H2,1-2H3,(H,23,28). The molecule has 0 radical (unpaired) electrons. The quantitative estimate of drug-likeness (QED) is 0.340. The molecule has 178 valence electrons. The molecule has 2 N–H and O–H groups in total. The van der Waals surface area contributed by atoms with Gasteiger partial charge in [-0.3, -0.25) is 14.9 Å². The van der Waals surface area contributed by atoms with E-state index in [1.807, 2.05) is 4.90 Å². The van der Waals surface area contributed by atoms with Crippen LogP contribution in [0.25, 0.3) is 0 Å². The summed E-state index contributed by atoms with van der Waals surface area (Å²) in [6.45, 7) is 5.01. The second-order valence-electron chi connectivity index (χ2n) is 7.76. The smallest absolute Gasteiger partial charge is 0.292 e. The van der Waals surface area contributed by atoms with Crippen LogP contribution in [-0.2, 0) is 14.8 Å². The average molecular weight is 477 g/mol. The lowest BCUT2D eigenvalue weighted by Crippen LogP contribution is -2.38. The SMILES string of the molecule is CCN(CC)S(=O)(=O)c1ccc(O)c(NC(=O)C2CCN(c3ccccc3[N+](=O)[O-])CC2)c1. The second-order valence-corrected chi connectivity index (χ2v) is 9.70. The number of nitrogens with zero attached hydrogens (tertiary/aromatic N) is 3. The molecular formula is C22H28N4O6S. The van der Waals surface area contributed by atoms with Gasteiger partial charge in [0.25, 0.3) is 5.69 Å². The Bertz CT molecular complexity index is 1130. The summed E-state index contributed by atoms with van der Waals surface area (Å²) in [5, 5.41) is 24.1. The number of hydrogen-bond acceptors (Lipinski definition) is 7.